The van der Waals surface area contributed by atoms with Crippen molar-refractivity contribution in [2.75, 3.05) is 6.54 Å². The van der Waals surface area contributed by atoms with Gasteiger partial charge in [-0.1, -0.05) is 48.0 Å². The van der Waals surface area contributed by atoms with Crippen LogP contribution in [0.25, 0.3) is 0 Å². The quantitative estimate of drug-likeness (QED) is 0.650. The van der Waals surface area contributed by atoms with Crippen LogP contribution in [0.2, 0.25) is 5.02 Å². The third kappa shape index (κ3) is 3.39. The van der Waals surface area contributed by atoms with Crippen LogP contribution in [0.5, 0.6) is 0 Å². The summed E-state index contributed by atoms with van der Waals surface area (Å²) in [6, 6.07) is 17.6. The highest BCUT2D eigenvalue weighted by Crippen LogP contribution is 2.45. The molecule has 3 atom stereocenters. The van der Waals surface area contributed by atoms with Crippen LogP contribution in [0.1, 0.15) is 31.7 Å². The van der Waals surface area contributed by atoms with Gasteiger partial charge in [0.15, 0.2) is 0 Å². The second-order valence-electron chi connectivity index (χ2n) is 7.65. The molecule has 2 aliphatic rings. The highest BCUT2D eigenvalue weighted by Gasteiger charge is 2.57. The van der Waals surface area contributed by atoms with Gasteiger partial charge in [0.05, 0.1) is 17.6 Å². The second-order valence-corrected chi connectivity index (χ2v) is 8.06. The normalized spacial score (nSPS) is 27.9. The Bertz CT molecular complexity index is 854. The molecule has 1 amide bonds. The lowest BCUT2D eigenvalue weighted by Crippen LogP contribution is -2.46. The van der Waals surface area contributed by atoms with Crippen molar-refractivity contribution in [2.24, 2.45) is 16.1 Å². The Balaban J connectivity index is 1.70. The standard InChI is InChI=1S/C22H24ClN3O/c1-22(25-24-17-10-3-2-4-11-17)18(15-16-9-5-6-12-19(16)23)21(27)26-14-8-7-13-20(22)26/h2-6,9-12,18,20H,7-8,13-15H2,1H3/t18?,20-,22-/m0/s1. The lowest BCUT2D eigenvalue weighted by molar-refractivity contribution is -0.132. The molecule has 2 saturated heterocycles. The van der Waals surface area contributed by atoms with E-state index in [1.165, 1.54) is 0 Å². The first kappa shape index (κ1) is 18.2. The molecular weight excluding hydrogens is 358 g/mol. The average Bonchev–Trinajstić information content (AvgIpc) is 2.91. The first-order chi connectivity index (χ1) is 13.1. The molecule has 27 heavy (non-hydrogen) atoms. The summed E-state index contributed by atoms with van der Waals surface area (Å²) in [5.41, 5.74) is 1.27. The summed E-state index contributed by atoms with van der Waals surface area (Å²) >= 11 is 6.39. The first-order valence-corrected chi connectivity index (χ1v) is 9.99. The molecule has 140 valence electrons. The van der Waals surface area contributed by atoms with E-state index in [4.69, 9.17) is 16.7 Å². The van der Waals surface area contributed by atoms with Crippen molar-refractivity contribution in [3.8, 4) is 0 Å². The fourth-order valence-corrected chi connectivity index (χ4v) is 4.67. The number of piperidine rings is 1. The molecule has 2 heterocycles. The van der Waals surface area contributed by atoms with Crippen molar-refractivity contribution in [3.63, 3.8) is 0 Å². The van der Waals surface area contributed by atoms with Gasteiger partial charge in [0.1, 0.15) is 5.54 Å². The maximum Gasteiger partial charge on any atom is 0.228 e. The molecular formula is C22H24ClN3O. The Morgan fingerprint density at radius 1 is 1.11 bits per heavy atom. The Morgan fingerprint density at radius 2 is 1.85 bits per heavy atom. The van der Waals surface area contributed by atoms with Crippen molar-refractivity contribution in [2.45, 2.75) is 44.2 Å². The number of carbonyl (C=O) groups excluding carboxylic acids is 1. The molecule has 4 nitrogen and oxygen atoms in total. The summed E-state index contributed by atoms with van der Waals surface area (Å²) in [5.74, 6) is -0.0536. The maximum atomic E-state index is 13.3. The van der Waals surface area contributed by atoms with E-state index in [1.54, 1.807) is 0 Å². The zero-order valence-electron chi connectivity index (χ0n) is 15.5. The van der Waals surface area contributed by atoms with E-state index in [0.717, 1.165) is 37.1 Å². The highest BCUT2D eigenvalue weighted by molar-refractivity contribution is 6.31. The van der Waals surface area contributed by atoms with Crippen LogP contribution in [0, 0.1) is 5.92 Å². The number of hydrogen-bond donors (Lipinski definition) is 0. The molecule has 1 unspecified atom stereocenters. The molecule has 2 aromatic carbocycles. The van der Waals surface area contributed by atoms with Crippen molar-refractivity contribution in [3.05, 3.63) is 65.2 Å². The number of benzene rings is 2. The highest BCUT2D eigenvalue weighted by atomic mass is 35.5. The van der Waals surface area contributed by atoms with Gasteiger partial charge in [-0.3, -0.25) is 4.79 Å². The van der Waals surface area contributed by atoms with Crippen LogP contribution in [0.15, 0.2) is 64.8 Å². The third-order valence-electron chi connectivity index (χ3n) is 5.98. The Morgan fingerprint density at radius 3 is 2.63 bits per heavy atom. The summed E-state index contributed by atoms with van der Waals surface area (Å²) in [7, 11) is 0. The van der Waals surface area contributed by atoms with Gasteiger partial charge in [-0.25, -0.2) is 0 Å². The van der Waals surface area contributed by atoms with E-state index >= 15 is 0 Å². The molecule has 4 rings (SSSR count). The number of hydrogen-bond acceptors (Lipinski definition) is 3. The third-order valence-corrected chi connectivity index (χ3v) is 6.35. The number of carbonyl (C=O) groups is 1. The van der Waals surface area contributed by atoms with Crippen LogP contribution < -0.4 is 0 Å². The van der Waals surface area contributed by atoms with Gasteiger partial charge in [0, 0.05) is 11.6 Å². The molecule has 0 spiro atoms. The average molecular weight is 382 g/mol. The predicted octanol–water partition coefficient (Wildman–Crippen LogP) is 5.44. The molecule has 2 fully saturated rings. The van der Waals surface area contributed by atoms with Crippen molar-refractivity contribution in [1.29, 1.82) is 0 Å². The van der Waals surface area contributed by atoms with Gasteiger partial charge in [-0.05, 0) is 56.4 Å². The number of rotatable bonds is 4. The smallest absolute Gasteiger partial charge is 0.228 e. The Labute approximate surface area is 165 Å². The van der Waals surface area contributed by atoms with Crippen molar-refractivity contribution in [1.82, 2.24) is 4.90 Å². The molecule has 2 aromatic rings. The van der Waals surface area contributed by atoms with E-state index in [2.05, 4.69) is 12.0 Å². The zero-order valence-corrected chi connectivity index (χ0v) is 16.3. The van der Waals surface area contributed by atoms with Crippen LogP contribution in [0.4, 0.5) is 5.69 Å². The van der Waals surface area contributed by atoms with Crippen molar-refractivity contribution >= 4 is 23.2 Å². The van der Waals surface area contributed by atoms with E-state index in [0.29, 0.717) is 11.4 Å². The lowest BCUT2D eigenvalue weighted by atomic mass is 9.78. The number of fused-ring (bicyclic) bond motifs is 1. The van der Waals surface area contributed by atoms with Gasteiger partial charge in [0.25, 0.3) is 0 Å². The molecule has 2 aliphatic heterocycles. The lowest BCUT2D eigenvalue weighted by Gasteiger charge is -2.36. The van der Waals surface area contributed by atoms with Crippen LogP contribution >= 0.6 is 11.6 Å². The van der Waals surface area contributed by atoms with Crippen LogP contribution in [-0.4, -0.2) is 28.9 Å². The molecule has 0 N–H and O–H groups in total. The first-order valence-electron chi connectivity index (χ1n) is 9.61. The number of amides is 1. The minimum Gasteiger partial charge on any atom is -0.337 e. The van der Waals surface area contributed by atoms with Crippen LogP contribution in [-0.2, 0) is 11.2 Å². The fraction of sp³-hybridized carbons (Fsp3) is 0.409. The molecule has 0 bridgehead atoms. The minimum absolute atomic E-state index is 0.110. The largest absolute Gasteiger partial charge is 0.337 e. The van der Waals surface area contributed by atoms with Gasteiger partial charge in [-0.2, -0.15) is 10.2 Å². The summed E-state index contributed by atoms with van der Waals surface area (Å²) in [6.45, 7) is 2.91. The summed E-state index contributed by atoms with van der Waals surface area (Å²) in [4.78, 5) is 15.3. The molecule has 0 radical (unpaired) electrons. The Hall–Kier alpha value is -2.20. The Kier molecular flexibility index (Phi) is 5.00. The number of nitrogens with zero attached hydrogens (tertiary/aromatic N) is 3. The molecule has 0 aliphatic carbocycles. The van der Waals surface area contributed by atoms with Gasteiger partial charge >= 0.3 is 0 Å². The van der Waals surface area contributed by atoms with Gasteiger partial charge < -0.3 is 4.90 Å². The topological polar surface area (TPSA) is 45.0 Å². The van der Waals surface area contributed by atoms with Gasteiger partial charge in [-0.15, -0.1) is 0 Å². The van der Waals surface area contributed by atoms with Gasteiger partial charge in [0.2, 0.25) is 5.91 Å². The summed E-state index contributed by atoms with van der Waals surface area (Å²) < 4.78 is 0. The minimum atomic E-state index is -0.549. The van der Waals surface area contributed by atoms with E-state index in [1.807, 2.05) is 59.5 Å². The SMILES string of the molecule is C[C@]1(N=Nc2ccccc2)C(Cc2ccccc2Cl)C(=O)N2CCCC[C@H]21. The number of azo groups is 1. The summed E-state index contributed by atoms with van der Waals surface area (Å²) in [5, 5.41) is 10.0. The van der Waals surface area contributed by atoms with E-state index < -0.39 is 5.54 Å². The fourth-order valence-electron chi connectivity index (χ4n) is 4.46. The molecule has 0 aromatic heterocycles. The van der Waals surface area contributed by atoms with E-state index in [9.17, 15) is 4.79 Å². The molecule has 5 heteroatoms. The van der Waals surface area contributed by atoms with E-state index in [-0.39, 0.29) is 17.9 Å². The zero-order chi connectivity index (χ0) is 18.9. The second kappa shape index (κ2) is 7.43. The maximum absolute atomic E-state index is 13.3. The monoisotopic (exact) mass is 381 g/mol. The van der Waals surface area contributed by atoms with Crippen LogP contribution in [0.3, 0.4) is 0 Å². The molecule has 0 saturated carbocycles. The van der Waals surface area contributed by atoms with Crippen molar-refractivity contribution < 1.29 is 4.79 Å². The predicted molar refractivity (Wildman–Crippen MR) is 107 cm³/mol. The number of halogens is 1. The summed E-state index contributed by atoms with van der Waals surface area (Å²) in [6.07, 6.45) is 3.77.